The van der Waals surface area contributed by atoms with Crippen molar-refractivity contribution >= 4 is 69.8 Å². The first-order valence-corrected chi connectivity index (χ1v) is 14.1. The molecule has 17 heteroatoms. The zero-order valence-electron chi connectivity index (χ0n) is 24.6. The van der Waals surface area contributed by atoms with Crippen LogP contribution in [0.15, 0.2) is 59.7 Å². The van der Waals surface area contributed by atoms with E-state index in [-0.39, 0.29) is 35.9 Å². The van der Waals surface area contributed by atoms with Crippen LogP contribution in [-0.4, -0.2) is 52.3 Å². The molecule has 3 aromatic carbocycles. The lowest BCUT2D eigenvalue weighted by atomic mass is 10.0. The fourth-order valence-corrected chi connectivity index (χ4v) is 4.62. The molecule has 16 nitrogen and oxygen atoms in total. The molecule has 4 aromatic rings. The van der Waals surface area contributed by atoms with E-state index in [0.717, 1.165) is 11.3 Å². The average Bonchev–Trinajstić information content (AvgIpc) is 3.02. The quantitative estimate of drug-likeness (QED) is 0.0197. The summed E-state index contributed by atoms with van der Waals surface area (Å²) in [7, 11) is 0. The molecule has 0 unspecified atom stereocenters. The normalized spacial score (nSPS) is 10.8. The summed E-state index contributed by atoms with van der Waals surface area (Å²) in [5, 5.41) is 20.6. The summed E-state index contributed by atoms with van der Waals surface area (Å²) in [4.78, 5) is 41.7. The molecule has 0 atom stereocenters. The fourth-order valence-electron chi connectivity index (χ4n) is 4.30. The first-order chi connectivity index (χ1) is 22.1. The second-order valence-corrected chi connectivity index (χ2v) is 9.96. The zero-order chi connectivity index (χ0) is 33.6. The summed E-state index contributed by atoms with van der Waals surface area (Å²) in [6.45, 7) is 1.02. The zero-order valence-corrected chi connectivity index (χ0v) is 25.3. The van der Waals surface area contributed by atoms with Crippen LogP contribution < -0.4 is 50.3 Å². The Bertz CT molecular complexity index is 1720. The van der Waals surface area contributed by atoms with Crippen molar-refractivity contribution in [2.24, 2.45) is 16.7 Å². The van der Waals surface area contributed by atoms with Crippen LogP contribution in [0.1, 0.15) is 44.7 Å². The minimum absolute atomic E-state index is 0.0354. The van der Waals surface area contributed by atoms with Crippen molar-refractivity contribution in [2.75, 3.05) is 35.6 Å². The molecular formula is C29H35ClN12O4. The van der Waals surface area contributed by atoms with E-state index in [1.165, 1.54) is 0 Å². The van der Waals surface area contributed by atoms with Crippen molar-refractivity contribution in [1.29, 1.82) is 0 Å². The fraction of sp³-hybridized carbons (Fsp3) is 0.172. The number of hydrogen-bond acceptors (Lipinski definition) is 12. The van der Waals surface area contributed by atoms with Gasteiger partial charge in [0.15, 0.2) is 5.84 Å². The number of fused-ring (bicyclic) bond motifs is 1. The van der Waals surface area contributed by atoms with Gasteiger partial charge in [0, 0.05) is 42.1 Å². The monoisotopic (exact) mass is 650 g/mol. The molecule has 0 bridgehead atoms. The summed E-state index contributed by atoms with van der Waals surface area (Å²) < 4.78 is 0. The third kappa shape index (κ3) is 9.31. The molecule has 0 spiro atoms. The van der Waals surface area contributed by atoms with Crippen LogP contribution >= 0.6 is 11.6 Å². The molecule has 0 fully saturated rings. The smallest absolute Gasteiger partial charge is 0.290 e. The second kappa shape index (κ2) is 16.8. The van der Waals surface area contributed by atoms with Gasteiger partial charge in [-0.2, -0.15) is 4.98 Å². The lowest BCUT2D eigenvalue weighted by Crippen LogP contribution is -2.30. The SMILES string of the molecule is NN/N=C(\N)c1cc(N)ccc1C(=O)NCCCCNC(=O)c1ccc(NCc2ccc3nc(N)nc(N)c3c2Cl)cc1.O=CO. The number of hydrazone groups is 1. The maximum absolute atomic E-state index is 12.6. The topological polar surface area (TPSA) is 288 Å². The Kier molecular flexibility index (Phi) is 12.7. The van der Waals surface area contributed by atoms with E-state index in [0.29, 0.717) is 70.8 Å². The summed E-state index contributed by atoms with van der Waals surface area (Å²) in [5.41, 5.74) is 29.3. The number of aromatic nitrogens is 2. The van der Waals surface area contributed by atoms with Gasteiger partial charge in [-0.3, -0.25) is 14.4 Å². The van der Waals surface area contributed by atoms with Gasteiger partial charge in [0.05, 0.1) is 21.5 Å². The van der Waals surface area contributed by atoms with Gasteiger partial charge in [0.1, 0.15) is 5.82 Å². The van der Waals surface area contributed by atoms with Crippen LogP contribution in [0, 0.1) is 0 Å². The molecule has 46 heavy (non-hydrogen) atoms. The van der Waals surface area contributed by atoms with Gasteiger partial charge in [0.25, 0.3) is 18.3 Å². The van der Waals surface area contributed by atoms with E-state index in [9.17, 15) is 9.59 Å². The first-order valence-electron chi connectivity index (χ1n) is 13.8. The lowest BCUT2D eigenvalue weighted by Gasteiger charge is -2.12. The number of amidine groups is 1. The highest BCUT2D eigenvalue weighted by molar-refractivity contribution is 6.37. The van der Waals surface area contributed by atoms with E-state index in [1.54, 1.807) is 36.4 Å². The summed E-state index contributed by atoms with van der Waals surface area (Å²) in [6, 6.07) is 15.4. The number of nitrogen functional groups attached to an aromatic ring is 3. The van der Waals surface area contributed by atoms with Crippen LogP contribution in [0.3, 0.4) is 0 Å². The summed E-state index contributed by atoms with van der Waals surface area (Å²) in [5.74, 6) is 5.01. The highest BCUT2D eigenvalue weighted by atomic mass is 35.5. The molecule has 1 aromatic heterocycles. The van der Waals surface area contributed by atoms with Gasteiger partial charge >= 0.3 is 0 Å². The number of halogens is 1. The van der Waals surface area contributed by atoms with Crippen molar-refractivity contribution in [1.82, 2.24) is 26.1 Å². The maximum atomic E-state index is 12.6. The molecule has 0 aliphatic heterocycles. The predicted octanol–water partition coefficient (Wildman–Crippen LogP) is 1.37. The number of amides is 2. The third-order valence-corrected chi connectivity index (χ3v) is 6.91. The lowest BCUT2D eigenvalue weighted by molar-refractivity contribution is -0.122. The van der Waals surface area contributed by atoms with Gasteiger partial charge in [-0.15, -0.1) is 5.10 Å². The molecule has 4 rings (SSSR count). The number of carboxylic acid groups (broad SMARTS) is 1. The van der Waals surface area contributed by atoms with E-state index < -0.39 is 0 Å². The molecule has 0 aliphatic carbocycles. The van der Waals surface area contributed by atoms with Crippen molar-refractivity contribution < 1.29 is 19.5 Å². The van der Waals surface area contributed by atoms with Crippen molar-refractivity contribution in [3.63, 3.8) is 0 Å². The highest BCUT2D eigenvalue weighted by Gasteiger charge is 2.15. The maximum Gasteiger partial charge on any atom is 0.290 e. The Morgan fingerprint density at radius 1 is 0.913 bits per heavy atom. The number of nitrogens with one attached hydrogen (secondary N) is 4. The Morgan fingerprint density at radius 3 is 2.22 bits per heavy atom. The van der Waals surface area contributed by atoms with E-state index in [4.69, 9.17) is 50.3 Å². The van der Waals surface area contributed by atoms with Crippen LogP contribution in [0.2, 0.25) is 5.02 Å². The second-order valence-electron chi connectivity index (χ2n) is 9.59. The number of nitrogens with two attached hydrogens (primary N) is 5. The number of carbonyl (C=O) groups excluding carboxylic acids is 2. The Morgan fingerprint density at radius 2 is 1.57 bits per heavy atom. The first kappa shape index (κ1) is 34.6. The van der Waals surface area contributed by atoms with Crippen molar-refractivity contribution in [2.45, 2.75) is 19.4 Å². The van der Waals surface area contributed by atoms with Crippen molar-refractivity contribution in [3.05, 3.63) is 81.9 Å². The molecule has 0 saturated carbocycles. The molecule has 2 amide bonds. The van der Waals surface area contributed by atoms with Crippen LogP contribution in [0.25, 0.3) is 10.9 Å². The highest BCUT2D eigenvalue weighted by Crippen LogP contribution is 2.31. The van der Waals surface area contributed by atoms with Gasteiger partial charge in [0.2, 0.25) is 5.95 Å². The van der Waals surface area contributed by atoms with Gasteiger partial charge in [-0.1, -0.05) is 17.7 Å². The number of unbranched alkanes of at least 4 members (excludes halogenated alkanes) is 1. The minimum atomic E-state index is -0.325. The van der Waals surface area contributed by atoms with Crippen LogP contribution in [0.4, 0.5) is 23.1 Å². The summed E-state index contributed by atoms with van der Waals surface area (Å²) >= 11 is 6.56. The molecule has 0 radical (unpaired) electrons. The predicted molar refractivity (Wildman–Crippen MR) is 179 cm³/mol. The largest absolute Gasteiger partial charge is 0.483 e. The number of anilines is 4. The van der Waals surface area contributed by atoms with Gasteiger partial charge in [-0.25, -0.2) is 16.4 Å². The molecule has 242 valence electrons. The van der Waals surface area contributed by atoms with Crippen molar-refractivity contribution in [3.8, 4) is 0 Å². The standard InChI is InChI=1S/C28H33ClN12O2.CH2O2/c29-23-16(5-10-21-22(23)25(32)39-28(33)38-21)14-37-18-7-3-15(4-8-18)26(42)35-11-1-2-12-36-27(43)19-9-6-17(30)13-20(19)24(31)40-41-34;2-1-3/h3-10,13,37,41H,1-2,11-12,14,30,34H2,(H2,31,40)(H,35,42)(H,36,43)(H4,32,33,38,39);1H,(H,2,3). The van der Waals surface area contributed by atoms with Gasteiger partial charge in [-0.05, 0) is 66.9 Å². The number of hydrazine groups is 1. The van der Waals surface area contributed by atoms with E-state index in [2.05, 4.69) is 36.6 Å². The molecular weight excluding hydrogens is 616 g/mol. The molecule has 0 saturated heterocycles. The Labute approximate surface area is 268 Å². The number of hydrogen-bond donors (Lipinski definition) is 10. The van der Waals surface area contributed by atoms with E-state index in [1.807, 2.05) is 18.2 Å². The number of nitrogens with zero attached hydrogens (tertiary/aromatic N) is 3. The minimum Gasteiger partial charge on any atom is -0.483 e. The average molecular weight is 651 g/mol. The Balaban J connectivity index is 0.00000185. The van der Waals surface area contributed by atoms with Crippen LogP contribution in [-0.2, 0) is 11.3 Å². The van der Waals surface area contributed by atoms with E-state index >= 15 is 0 Å². The van der Waals surface area contributed by atoms with Crippen LogP contribution in [0.5, 0.6) is 0 Å². The molecule has 0 aliphatic rings. The Hall–Kier alpha value is -5.87. The summed E-state index contributed by atoms with van der Waals surface area (Å²) in [6.07, 6.45) is 1.31. The number of rotatable bonds is 12. The number of carbonyl (C=O) groups is 3. The molecule has 15 N–H and O–H groups in total. The van der Waals surface area contributed by atoms with Gasteiger partial charge < -0.3 is 44.0 Å². The third-order valence-electron chi connectivity index (χ3n) is 6.48. The number of benzene rings is 3. The molecule has 1 heterocycles.